The SMILES string of the molecule is CCCN1C(=O)N/C(=C/c2ccc(OCc3ccc4ccccc4c3)c(I)c2)C1=O. The summed E-state index contributed by atoms with van der Waals surface area (Å²) in [6.45, 7) is 2.82. The molecule has 0 unspecified atom stereocenters. The molecule has 0 atom stereocenters. The third-order valence-corrected chi connectivity index (χ3v) is 5.73. The van der Waals surface area contributed by atoms with E-state index in [1.54, 1.807) is 6.08 Å². The van der Waals surface area contributed by atoms with E-state index in [0.717, 1.165) is 26.9 Å². The van der Waals surface area contributed by atoms with E-state index in [0.29, 0.717) is 18.8 Å². The number of fused-ring (bicyclic) bond motifs is 1. The summed E-state index contributed by atoms with van der Waals surface area (Å²) in [5.74, 6) is 0.494. The van der Waals surface area contributed by atoms with Crippen LogP contribution in [0.25, 0.3) is 16.8 Å². The molecule has 4 rings (SSSR count). The minimum absolute atomic E-state index is 0.284. The monoisotopic (exact) mass is 512 g/mol. The highest BCUT2D eigenvalue weighted by molar-refractivity contribution is 14.1. The van der Waals surface area contributed by atoms with Crippen molar-refractivity contribution in [3.05, 3.63) is 81.1 Å². The number of hydrogen-bond donors (Lipinski definition) is 1. The highest BCUT2D eigenvalue weighted by Crippen LogP contribution is 2.25. The molecule has 1 heterocycles. The second kappa shape index (κ2) is 8.87. The number of rotatable bonds is 6. The van der Waals surface area contributed by atoms with Gasteiger partial charge in [0.2, 0.25) is 0 Å². The lowest BCUT2D eigenvalue weighted by molar-refractivity contribution is -0.122. The Bertz CT molecular complexity index is 1160. The molecule has 0 saturated carbocycles. The van der Waals surface area contributed by atoms with Crippen LogP contribution in [0.4, 0.5) is 4.79 Å². The highest BCUT2D eigenvalue weighted by Gasteiger charge is 2.32. The molecule has 0 aromatic heterocycles. The molecule has 1 N–H and O–H groups in total. The molecule has 152 valence electrons. The van der Waals surface area contributed by atoms with Crippen molar-refractivity contribution < 1.29 is 14.3 Å². The Morgan fingerprint density at radius 2 is 1.83 bits per heavy atom. The Hall–Kier alpha value is -2.87. The summed E-state index contributed by atoms with van der Waals surface area (Å²) >= 11 is 2.22. The zero-order valence-electron chi connectivity index (χ0n) is 16.5. The predicted octanol–water partition coefficient (Wildman–Crippen LogP) is 5.33. The van der Waals surface area contributed by atoms with Crippen LogP contribution in [-0.2, 0) is 11.4 Å². The molecule has 1 fully saturated rings. The number of amides is 3. The molecule has 0 bridgehead atoms. The first-order valence-electron chi connectivity index (χ1n) is 9.79. The van der Waals surface area contributed by atoms with E-state index in [4.69, 9.17) is 4.74 Å². The van der Waals surface area contributed by atoms with Crippen LogP contribution in [0.2, 0.25) is 0 Å². The van der Waals surface area contributed by atoms with E-state index in [-0.39, 0.29) is 11.9 Å². The Balaban J connectivity index is 1.46. The van der Waals surface area contributed by atoms with Crippen molar-refractivity contribution in [2.24, 2.45) is 0 Å². The van der Waals surface area contributed by atoms with Crippen LogP contribution < -0.4 is 10.1 Å². The van der Waals surface area contributed by atoms with Gasteiger partial charge in [0.1, 0.15) is 18.1 Å². The largest absolute Gasteiger partial charge is 0.488 e. The van der Waals surface area contributed by atoms with Crippen LogP contribution in [-0.4, -0.2) is 23.4 Å². The summed E-state index contributed by atoms with van der Waals surface area (Å²) < 4.78 is 6.95. The van der Waals surface area contributed by atoms with Gasteiger partial charge in [0, 0.05) is 6.54 Å². The summed E-state index contributed by atoms with van der Waals surface area (Å²) in [5, 5.41) is 5.05. The van der Waals surface area contributed by atoms with Gasteiger partial charge in [-0.2, -0.15) is 0 Å². The maximum Gasteiger partial charge on any atom is 0.329 e. The van der Waals surface area contributed by atoms with Crippen molar-refractivity contribution >= 4 is 51.4 Å². The van der Waals surface area contributed by atoms with E-state index >= 15 is 0 Å². The average molecular weight is 512 g/mol. The molecule has 0 spiro atoms. The minimum Gasteiger partial charge on any atom is -0.488 e. The van der Waals surface area contributed by atoms with Crippen LogP contribution >= 0.6 is 22.6 Å². The van der Waals surface area contributed by atoms with Crippen LogP contribution in [0.5, 0.6) is 5.75 Å². The number of urea groups is 1. The van der Waals surface area contributed by atoms with Gasteiger partial charge < -0.3 is 10.1 Å². The van der Waals surface area contributed by atoms with Gasteiger partial charge in [-0.25, -0.2) is 4.79 Å². The zero-order chi connectivity index (χ0) is 21.1. The van der Waals surface area contributed by atoms with Gasteiger partial charge >= 0.3 is 6.03 Å². The Morgan fingerprint density at radius 1 is 1.03 bits per heavy atom. The molecule has 5 nitrogen and oxygen atoms in total. The van der Waals surface area contributed by atoms with Gasteiger partial charge in [0.05, 0.1) is 3.57 Å². The van der Waals surface area contributed by atoms with E-state index < -0.39 is 0 Å². The summed E-state index contributed by atoms with van der Waals surface area (Å²) in [4.78, 5) is 25.5. The summed E-state index contributed by atoms with van der Waals surface area (Å²) in [5.41, 5.74) is 2.24. The lowest BCUT2D eigenvalue weighted by atomic mass is 10.1. The molecular formula is C24H21IN2O3. The fraction of sp³-hybridized carbons (Fsp3) is 0.167. The van der Waals surface area contributed by atoms with Crippen LogP contribution in [0.3, 0.4) is 0 Å². The summed E-state index contributed by atoms with van der Waals surface area (Å²) in [6, 6.07) is 19.9. The number of carbonyl (C=O) groups is 2. The number of halogens is 1. The summed E-state index contributed by atoms with van der Waals surface area (Å²) in [7, 11) is 0. The number of nitrogens with zero attached hydrogens (tertiary/aromatic N) is 1. The first kappa shape index (κ1) is 20.4. The molecule has 3 aromatic rings. The maximum absolute atomic E-state index is 12.4. The minimum atomic E-state index is -0.363. The second-order valence-electron chi connectivity index (χ2n) is 7.10. The smallest absolute Gasteiger partial charge is 0.329 e. The zero-order valence-corrected chi connectivity index (χ0v) is 18.7. The molecule has 30 heavy (non-hydrogen) atoms. The molecule has 3 amide bonds. The second-order valence-corrected chi connectivity index (χ2v) is 8.27. The molecule has 1 saturated heterocycles. The Morgan fingerprint density at radius 3 is 2.60 bits per heavy atom. The van der Waals surface area contributed by atoms with Gasteiger partial charge in [-0.15, -0.1) is 0 Å². The predicted molar refractivity (Wildman–Crippen MR) is 126 cm³/mol. The van der Waals surface area contributed by atoms with E-state index in [9.17, 15) is 9.59 Å². The number of ether oxygens (including phenoxy) is 1. The summed E-state index contributed by atoms with van der Waals surface area (Å²) in [6.07, 6.45) is 2.43. The molecule has 3 aromatic carbocycles. The molecular weight excluding hydrogens is 491 g/mol. The normalized spacial score (nSPS) is 15.1. The Labute approximate surface area is 188 Å². The molecule has 1 aliphatic rings. The fourth-order valence-electron chi connectivity index (χ4n) is 3.38. The van der Waals surface area contributed by atoms with Crippen LogP contribution in [0.15, 0.2) is 66.4 Å². The van der Waals surface area contributed by atoms with E-state index in [2.05, 4.69) is 58.2 Å². The first-order valence-corrected chi connectivity index (χ1v) is 10.9. The maximum atomic E-state index is 12.4. The van der Waals surface area contributed by atoms with Crippen LogP contribution in [0.1, 0.15) is 24.5 Å². The molecule has 1 aliphatic heterocycles. The van der Waals surface area contributed by atoms with Crippen molar-refractivity contribution in [1.29, 1.82) is 0 Å². The fourth-order valence-corrected chi connectivity index (χ4v) is 4.07. The highest BCUT2D eigenvalue weighted by atomic mass is 127. The van der Waals surface area contributed by atoms with Gasteiger partial charge in [-0.3, -0.25) is 9.69 Å². The van der Waals surface area contributed by atoms with Crippen molar-refractivity contribution in [3.63, 3.8) is 0 Å². The standard InChI is InChI=1S/C24H21IN2O3/c1-2-11-27-23(28)21(26-24(27)29)14-16-8-10-22(20(25)13-16)30-15-17-7-9-18-5-3-4-6-19(18)12-17/h3-10,12-14H,2,11,15H2,1H3,(H,26,29)/b21-14+. The number of hydrogen-bond acceptors (Lipinski definition) is 3. The third kappa shape index (κ3) is 4.33. The van der Waals surface area contributed by atoms with Gasteiger partial charge in [-0.05, 0) is 75.2 Å². The van der Waals surface area contributed by atoms with Crippen molar-refractivity contribution in [1.82, 2.24) is 10.2 Å². The quantitative estimate of drug-likeness (QED) is 0.276. The van der Waals surface area contributed by atoms with Gasteiger partial charge in [0.25, 0.3) is 5.91 Å². The molecule has 0 aliphatic carbocycles. The number of carbonyl (C=O) groups excluding carboxylic acids is 2. The number of benzene rings is 3. The lowest BCUT2D eigenvalue weighted by Gasteiger charge is -2.10. The topological polar surface area (TPSA) is 58.6 Å². The van der Waals surface area contributed by atoms with E-state index in [1.807, 2.05) is 37.3 Å². The number of imide groups is 1. The average Bonchev–Trinajstić information content (AvgIpc) is 3.00. The van der Waals surface area contributed by atoms with Gasteiger partial charge in [-0.1, -0.05) is 49.4 Å². The Kier molecular flexibility index (Phi) is 6.03. The third-order valence-electron chi connectivity index (χ3n) is 4.88. The first-order chi connectivity index (χ1) is 14.5. The van der Waals surface area contributed by atoms with Crippen molar-refractivity contribution in [3.8, 4) is 5.75 Å². The van der Waals surface area contributed by atoms with Crippen LogP contribution in [0, 0.1) is 3.57 Å². The molecule has 0 radical (unpaired) electrons. The van der Waals surface area contributed by atoms with Gasteiger partial charge in [0.15, 0.2) is 0 Å². The van der Waals surface area contributed by atoms with Crippen molar-refractivity contribution in [2.45, 2.75) is 20.0 Å². The number of nitrogens with one attached hydrogen (secondary N) is 1. The lowest BCUT2D eigenvalue weighted by Crippen LogP contribution is -2.31. The van der Waals surface area contributed by atoms with Crippen molar-refractivity contribution in [2.75, 3.05) is 6.54 Å². The molecule has 6 heteroatoms. The van der Waals surface area contributed by atoms with E-state index in [1.165, 1.54) is 15.7 Å².